The summed E-state index contributed by atoms with van der Waals surface area (Å²) in [6, 6.07) is 8.42. The van der Waals surface area contributed by atoms with E-state index < -0.39 is 0 Å². The summed E-state index contributed by atoms with van der Waals surface area (Å²) in [5.41, 5.74) is 1.09. The van der Waals surface area contributed by atoms with Crippen molar-refractivity contribution in [1.29, 1.82) is 0 Å². The Morgan fingerprint density at radius 1 is 1.14 bits per heavy atom. The molecule has 0 bridgehead atoms. The Morgan fingerprint density at radius 3 is 2.14 bits per heavy atom. The van der Waals surface area contributed by atoms with E-state index in [4.69, 9.17) is 0 Å². The van der Waals surface area contributed by atoms with Crippen molar-refractivity contribution in [2.24, 2.45) is 0 Å². The van der Waals surface area contributed by atoms with Crippen LogP contribution in [0.1, 0.15) is 26.3 Å². The van der Waals surface area contributed by atoms with Gasteiger partial charge in [0, 0.05) is 0 Å². The average molecular weight is 196 g/mol. The maximum atomic E-state index is 3.04. The van der Waals surface area contributed by atoms with Crippen LogP contribution in [0.5, 0.6) is 0 Å². The zero-order valence-electron chi connectivity index (χ0n) is 9.22. The van der Waals surface area contributed by atoms with E-state index in [-0.39, 0.29) is 4.75 Å². The topological polar surface area (TPSA) is 0 Å². The maximum absolute atomic E-state index is 3.04. The molecular formula is C12H13LiS. The van der Waals surface area contributed by atoms with Crippen molar-refractivity contribution in [2.45, 2.75) is 30.4 Å². The van der Waals surface area contributed by atoms with E-state index in [1.54, 1.807) is 0 Å². The van der Waals surface area contributed by atoms with E-state index in [0.29, 0.717) is 0 Å². The van der Waals surface area contributed by atoms with Gasteiger partial charge in [-0.2, -0.15) is 0 Å². The van der Waals surface area contributed by atoms with Gasteiger partial charge in [-0.25, -0.2) is 0 Å². The van der Waals surface area contributed by atoms with Crippen LogP contribution in [0, 0.1) is 10.5 Å². The Balaban J connectivity index is 2.77. The van der Waals surface area contributed by atoms with E-state index in [2.05, 4.69) is 55.6 Å². The first-order valence-electron chi connectivity index (χ1n) is 4.73. The number of benzene rings is 1. The van der Waals surface area contributed by atoms with Crippen LogP contribution in [-0.4, -0.2) is 22.5 Å². The Hall–Kier alpha value is -0.273. The molecule has 0 heterocycles. The molecule has 1 aromatic carbocycles. The third kappa shape index (κ3) is 4.29. The van der Waals surface area contributed by atoms with Gasteiger partial charge >= 0.3 is 100 Å². The molecule has 0 aromatic heterocycles. The van der Waals surface area contributed by atoms with Crippen LogP contribution in [0.3, 0.4) is 0 Å². The summed E-state index contributed by atoms with van der Waals surface area (Å²) in [6.07, 6.45) is 0. The molecule has 68 valence electrons. The molecule has 0 N–H and O–H groups in total. The van der Waals surface area contributed by atoms with Crippen LogP contribution in [0.2, 0.25) is 0 Å². The second-order valence-electron chi connectivity index (χ2n) is 4.11. The first kappa shape index (κ1) is 11.8. The molecular weight excluding hydrogens is 183 g/mol. The fraction of sp³-hybridized carbons (Fsp3) is 0.333. The first-order chi connectivity index (χ1) is 6.51. The van der Waals surface area contributed by atoms with Gasteiger partial charge in [0.15, 0.2) is 0 Å². The quantitative estimate of drug-likeness (QED) is 0.378. The summed E-state index contributed by atoms with van der Waals surface area (Å²) in [7, 11) is 0. The predicted molar refractivity (Wildman–Crippen MR) is 64.7 cm³/mol. The van der Waals surface area contributed by atoms with Crippen LogP contribution >= 0.6 is 11.8 Å². The molecule has 0 spiro atoms. The molecule has 14 heavy (non-hydrogen) atoms. The van der Waals surface area contributed by atoms with E-state index in [9.17, 15) is 0 Å². The van der Waals surface area contributed by atoms with Gasteiger partial charge in [0.1, 0.15) is 0 Å². The fourth-order valence-corrected chi connectivity index (χ4v) is 2.08. The van der Waals surface area contributed by atoms with E-state index >= 15 is 0 Å². The standard InChI is InChI=1S/C12H13S.Li/c1-5-10-6-8-11(9-7-10)13-12(2,3)4;/h6-9H,2-4H3;. The Kier molecular flexibility index (Phi) is 4.21. The molecule has 0 aliphatic carbocycles. The Bertz CT molecular complexity index is 349. The number of hydrogen-bond donors (Lipinski definition) is 0. The number of thioether (sulfide) groups is 1. The summed E-state index contributed by atoms with van der Waals surface area (Å²) in [6.45, 7) is 6.66. The third-order valence-electron chi connectivity index (χ3n) is 1.55. The molecule has 0 atom stereocenters. The van der Waals surface area contributed by atoms with Gasteiger partial charge in [-0.05, 0) is 0 Å². The van der Waals surface area contributed by atoms with Crippen molar-refractivity contribution in [3.8, 4) is 10.5 Å². The van der Waals surface area contributed by atoms with Crippen molar-refractivity contribution in [1.82, 2.24) is 0 Å². The van der Waals surface area contributed by atoms with Crippen LogP contribution < -0.4 is 0 Å². The van der Waals surface area contributed by atoms with Crippen LogP contribution in [-0.2, 0) is 0 Å². The van der Waals surface area contributed by atoms with Crippen molar-refractivity contribution in [2.75, 3.05) is 0 Å². The normalized spacial score (nSPS) is 10.6. The summed E-state index contributed by atoms with van der Waals surface area (Å²) in [5.74, 6) is 3.04. The second-order valence-corrected chi connectivity index (χ2v) is 6.01. The molecule has 0 fully saturated rings. The van der Waals surface area contributed by atoms with Crippen molar-refractivity contribution >= 4 is 29.5 Å². The van der Waals surface area contributed by atoms with Gasteiger partial charge in [-0.15, -0.1) is 0 Å². The van der Waals surface area contributed by atoms with Crippen LogP contribution in [0.15, 0.2) is 29.2 Å². The van der Waals surface area contributed by atoms with E-state index in [0.717, 1.165) is 5.56 Å². The second kappa shape index (κ2) is 4.99. The minimum absolute atomic E-state index is 0.276. The first-order valence-corrected chi connectivity index (χ1v) is 5.55. The van der Waals surface area contributed by atoms with Crippen molar-refractivity contribution in [3.63, 3.8) is 0 Å². The van der Waals surface area contributed by atoms with Gasteiger partial charge in [0.25, 0.3) is 0 Å². The molecule has 0 saturated heterocycles. The molecule has 0 aliphatic heterocycles. The Morgan fingerprint density at radius 2 is 1.71 bits per heavy atom. The van der Waals surface area contributed by atoms with Crippen LogP contribution in [0.25, 0.3) is 0 Å². The van der Waals surface area contributed by atoms with Gasteiger partial charge in [-0.1, -0.05) is 0 Å². The van der Waals surface area contributed by atoms with Gasteiger partial charge in [0.05, 0.1) is 0 Å². The predicted octanol–water partition coefficient (Wildman–Crippen LogP) is 3.05. The van der Waals surface area contributed by atoms with E-state index in [1.807, 2.05) is 29.5 Å². The Labute approximate surface area is 100 Å². The van der Waals surface area contributed by atoms with Gasteiger partial charge < -0.3 is 0 Å². The summed E-state index contributed by atoms with van der Waals surface area (Å²) in [4.78, 5) is 1.30. The minimum atomic E-state index is 0.276. The third-order valence-corrected chi connectivity index (χ3v) is 2.67. The zero-order chi connectivity index (χ0) is 10.6. The summed E-state index contributed by atoms with van der Waals surface area (Å²) >= 11 is 3.74. The summed E-state index contributed by atoms with van der Waals surface area (Å²) < 4.78 is 3.17. The monoisotopic (exact) mass is 196 g/mol. The SMILES string of the molecule is [Li][C]#Cc1ccc(SC(C)(C)C)cc1. The molecule has 0 aliphatic rings. The number of rotatable bonds is 1. The molecule has 0 amide bonds. The zero-order valence-corrected chi connectivity index (χ0v) is 10.0. The molecule has 0 nitrogen and oxygen atoms in total. The van der Waals surface area contributed by atoms with E-state index in [1.165, 1.54) is 4.90 Å². The number of hydrogen-bond acceptors (Lipinski definition) is 1. The molecule has 1 aromatic rings. The van der Waals surface area contributed by atoms with Crippen LogP contribution in [0.4, 0.5) is 0 Å². The average Bonchev–Trinajstić information content (AvgIpc) is 2.06. The van der Waals surface area contributed by atoms with Gasteiger partial charge in [0.2, 0.25) is 0 Å². The molecule has 1 rings (SSSR count). The fourth-order valence-electron chi connectivity index (χ4n) is 1.10. The van der Waals surface area contributed by atoms with Gasteiger partial charge in [-0.3, -0.25) is 0 Å². The van der Waals surface area contributed by atoms with Crippen molar-refractivity contribution < 1.29 is 0 Å². The molecule has 0 radical (unpaired) electrons. The van der Waals surface area contributed by atoms with Crippen molar-refractivity contribution in [3.05, 3.63) is 29.8 Å². The summed E-state index contributed by atoms with van der Waals surface area (Å²) in [5, 5.41) is 0. The molecule has 2 heteroatoms. The molecule has 0 saturated carbocycles. The molecule has 0 unspecified atom stereocenters.